The molecular weight excluding hydrogens is 228 g/mol. The summed E-state index contributed by atoms with van der Waals surface area (Å²) in [7, 11) is 0. The quantitative estimate of drug-likeness (QED) is 0.636. The predicted molar refractivity (Wildman–Crippen MR) is 75.0 cm³/mol. The van der Waals surface area contributed by atoms with Gasteiger partial charge in [-0.05, 0) is 20.3 Å². The zero-order chi connectivity index (χ0) is 13.2. The lowest BCUT2D eigenvalue weighted by Crippen LogP contribution is -2.49. The van der Waals surface area contributed by atoms with E-state index >= 15 is 0 Å². The second-order valence-corrected chi connectivity index (χ2v) is 5.25. The number of hydrogen-bond donors (Lipinski definition) is 1. The van der Waals surface area contributed by atoms with Gasteiger partial charge in [-0.1, -0.05) is 13.3 Å². The van der Waals surface area contributed by atoms with Gasteiger partial charge in [0.25, 0.3) is 0 Å². The van der Waals surface area contributed by atoms with Crippen molar-refractivity contribution in [3.05, 3.63) is 0 Å². The molecule has 0 spiro atoms. The number of ether oxygens (including phenoxy) is 2. The minimum absolute atomic E-state index is 0.330. The SMILES string of the molecule is CCCCOCCNCC1CN(C(C)C)CCO1. The molecule has 4 nitrogen and oxygen atoms in total. The molecule has 0 saturated carbocycles. The maximum atomic E-state index is 5.76. The lowest BCUT2D eigenvalue weighted by Gasteiger charge is -2.35. The molecule has 1 fully saturated rings. The molecule has 1 aliphatic heterocycles. The Bertz CT molecular complexity index is 200. The van der Waals surface area contributed by atoms with Crippen LogP contribution in [-0.2, 0) is 9.47 Å². The smallest absolute Gasteiger partial charge is 0.0826 e. The molecule has 1 heterocycles. The van der Waals surface area contributed by atoms with E-state index in [0.717, 1.165) is 52.4 Å². The Kier molecular flexibility index (Phi) is 8.59. The zero-order valence-electron chi connectivity index (χ0n) is 12.3. The maximum absolute atomic E-state index is 5.76. The zero-order valence-corrected chi connectivity index (χ0v) is 12.3. The van der Waals surface area contributed by atoms with Gasteiger partial charge in [-0.2, -0.15) is 0 Å². The molecule has 1 aliphatic rings. The Morgan fingerprint density at radius 2 is 2.22 bits per heavy atom. The van der Waals surface area contributed by atoms with E-state index in [2.05, 4.69) is 31.0 Å². The monoisotopic (exact) mass is 258 g/mol. The fourth-order valence-electron chi connectivity index (χ4n) is 2.09. The van der Waals surface area contributed by atoms with Crippen molar-refractivity contribution in [3.63, 3.8) is 0 Å². The Balaban J connectivity index is 1.98. The highest BCUT2D eigenvalue weighted by molar-refractivity contribution is 4.75. The van der Waals surface area contributed by atoms with Crippen LogP contribution in [0.1, 0.15) is 33.6 Å². The molecule has 0 aromatic heterocycles. The van der Waals surface area contributed by atoms with Gasteiger partial charge in [0.1, 0.15) is 0 Å². The first-order chi connectivity index (χ1) is 8.74. The van der Waals surface area contributed by atoms with Crippen molar-refractivity contribution in [2.45, 2.75) is 45.8 Å². The molecule has 0 bridgehead atoms. The van der Waals surface area contributed by atoms with Crippen molar-refractivity contribution < 1.29 is 9.47 Å². The summed E-state index contributed by atoms with van der Waals surface area (Å²) in [5.74, 6) is 0. The van der Waals surface area contributed by atoms with Crippen molar-refractivity contribution in [1.29, 1.82) is 0 Å². The van der Waals surface area contributed by atoms with Crippen molar-refractivity contribution in [2.24, 2.45) is 0 Å². The summed E-state index contributed by atoms with van der Waals surface area (Å²) in [6.07, 6.45) is 2.69. The van der Waals surface area contributed by atoms with Crippen LogP contribution in [0.25, 0.3) is 0 Å². The van der Waals surface area contributed by atoms with Crippen molar-refractivity contribution in [1.82, 2.24) is 10.2 Å². The molecule has 18 heavy (non-hydrogen) atoms. The van der Waals surface area contributed by atoms with Crippen molar-refractivity contribution >= 4 is 0 Å². The van der Waals surface area contributed by atoms with E-state index in [0.29, 0.717) is 12.1 Å². The van der Waals surface area contributed by atoms with Gasteiger partial charge in [-0.25, -0.2) is 0 Å². The number of morpholine rings is 1. The molecule has 0 aromatic rings. The molecule has 1 saturated heterocycles. The Hall–Kier alpha value is -0.160. The summed E-state index contributed by atoms with van der Waals surface area (Å²) in [5.41, 5.74) is 0. The second kappa shape index (κ2) is 9.73. The second-order valence-electron chi connectivity index (χ2n) is 5.25. The first kappa shape index (κ1) is 15.9. The van der Waals surface area contributed by atoms with Crippen LogP contribution in [0.5, 0.6) is 0 Å². The molecule has 1 N–H and O–H groups in total. The number of nitrogens with zero attached hydrogens (tertiary/aromatic N) is 1. The van der Waals surface area contributed by atoms with E-state index in [9.17, 15) is 0 Å². The minimum atomic E-state index is 0.330. The lowest BCUT2D eigenvalue weighted by molar-refractivity contribution is -0.0376. The third-order valence-corrected chi connectivity index (χ3v) is 3.34. The van der Waals surface area contributed by atoms with E-state index in [1.54, 1.807) is 0 Å². The maximum Gasteiger partial charge on any atom is 0.0826 e. The summed E-state index contributed by atoms with van der Waals surface area (Å²) in [6.45, 7) is 13.2. The third kappa shape index (κ3) is 6.69. The van der Waals surface area contributed by atoms with Gasteiger partial charge in [-0.15, -0.1) is 0 Å². The highest BCUT2D eigenvalue weighted by atomic mass is 16.5. The van der Waals surface area contributed by atoms with Crippen LogP contribution in [0, 0.1) is 0 Å². The largest absolute Gasteiger partial charge is 0.380 e. The molecule has 0 aliphatic carbocycles. The molecule has 0 aromatic carbocycles. The molecule has 1 rings (SSSR count). The molecule has 1 unspecified atom stereocenters. The van der Waals surface area contributed by atoms with E-state index in [-0.39, 0.29) is 0 Å². The number of unbranched alkanes of at least 4 members (excludes halogenated alkanes) is 1. The van der Waals surface area contributed by atoms with Gasteiger partial charge in [0.05, 0.1) is 19.3 Å². The topological polar surface area (TPSA) is 33.7 Å². The van der Waals surface area contributed by atoms with Gasteiger partial charge in [-0.3, -0.25) is 4.90 Å². The van der Waals surface area contributed by atoms with Crippen molar-refractivity contribution in [2.75, 3.05) is 46.0 Å². The molecule has 1 atom stereocenters. The fraction of sp³-hybridized carbons (Fsp3) is 1.00. The molecule has 0 amide bonds. The lowest BCUT2D eigenvalue weighted by atomic mass is 10.2. The summed E-state index contributed by atoms with van der Waals surface area (Å²) in [4.78, 5) is 2.48. The summed E-state index contributed by atoms with van der Waals surface area (Å²) in [5, 5.41) is 3.41. The standard InChI is InChI=1S/C14H30N2O2/c1-4-5-8-17-9-6-15-11-14-12-16(13(2)3)7-10-18-14/h13-15H,4-12H2,1-3H3. The van der Waals surface area contributed by atoms with Crippen LogP contribution < -0.4 is 5.32 Å². The van der Waals surface area contributed by atoms with Crippen LogP contribution >= 0.6 is 0 Å². The first-order valence-electron chi connectivity index (χ1n) is 7.38. The summed E-state index contributed by atoms with van der Waals surface area (Å²) < 4.78 is 11.3. The number of hydrogen-bond acceptors (Lipinski definition) is 4. The first-order valence-corrected chi connectivity index (χ1v) is 7.38. The third-order valence-electron chi connectivity index (χ3n) is 3.34. The van der Waals surface area contributed by atoms with E-state index < -0.39 is 0 Å². The fourth-order valence-corrected chi connectivity index (χ4v) is 2.09. The summed E-state index contributed by atoms with van der Waals surface area (Å²) in [6, 6.07) is 0.619. The number of nitrogens with one attached hydrogen (secondary N) is 1. The van der Waals surface area contributed by atoms with Gasteiger partial charge < -0.3 is 14.8 Å². The highest BCUT2D eigenvalue weighted by Crippen LogP contribution is 2.07. The van der Waals surface area contributed by atoms with Crippen LogP contribution in [0.4, 0.5) is 0 Å². The normalized spacial score (nSPS) is 21.7. The minimum Gasteiger partial charge on any atom is -0.380 e. The van der Waals surface area contributed by atoms with Gasteiger partial charge in [0, 0.05) is 38.8 Å². The Morgan fingerprint density at radius 3 is 2.94 bits per heavy atom. The molecule has 0 radical (unpaired) electrons. The van der Waals surface area contributed by atoms with Gasteiger partial charge in [0.2, 0.25) is 0 Å². The molecular formula is C14H30N2O2. The van der Waals surface area contributed by atoms with Crippen molar-refractivity contribution in [3.8, 4) is 0 Å². The van der Waals surface area contributed by atoms with E-state index in [1.807, 2.05) is 0 Å². The summed E-state index contributed by atoms with van der Waals surface area (Å²) >= 11 is 0. The Morgan fingerprint density at radius 1 is 1.39 bits per heavy atom. The average Bonchev–Trinajstić information content (AvgIpc) is 2.38. The van der Waals surface area contributed by atoms with Crippen LogP contribution in [0.2, 0.25) is 0 Å². The molecule has 108 valence electrons. The highest BCUT2D eigenvalue weighted by Gasteiger charge is 2.21. The van der Waals surface area contributed by atoms with E-state index in [4.69, 9.17) is 9.47 Å². The van der Waals surface area contributed by atoms with Gasteiger partial charge >= 0.3 is 0 Å². The average molecular weight is 258 g/mol. The van der Waals surface area contributed by atoms with Crippen LogP contribution in [-0.4, -0.2) is 63.0 Å². The predicted octanol–water partition coefficient (Wildman–Crippen LogP) is 1.50. The molecule has 4 heteroatoms. The Labute approximate surface area is 112 Å². The number of rotatable bonds is 9. The van der Waals surface area contributed by atoms with Crippen LogP contribution in [0.15, 0.2) is 0 Å². The van der Waals surface area contributed by atoms with E-state index in [1.165, 1.54) is 6.42 Å². The van der Waals surface area contributed by atoms with Gasteiger partial charge in [0.15, 0.2) is 0 Å². The van der Waals surface area contributed by atoms with Crippen LogP contribution in [0.3, 0.4) is 0 Å².